The Balaban J connectivity index is 2.31. The second-order valence-corrected chi connectivity index (χ2v) is 4.01. The van der Waals surface area contributed by atoms with E-state index in [-0.39, 0.29) is 0 Å². The van der Waals surface area contributed by atoms with E-state index in [1.165, 1.54) is 18.2 Å². The summed E-state index contributed by atoms with van der Waals surface area (Å²) in [6, 6.07) is 6.87. The highest BCUT2D eigenvalue weighted by Crippen LogP contribution is 2.19. The van der Waals surface area contributed by atoms with E-state index in [0.717, 1.165) is 18.2 Å². The van der Waals surface area contributed by atoms with Crippen LogP contribution in [0.2, 0.25) is 0 Å². The first-order valence-electron chi connectivity index (χ1n) is 5.50. The predicted molar refractivity (Wildman–Crippen MR) is 65.4 cm³/mol. The van der Waals surface area contributed by atoms with Crippen molar-refractivity contribution in [3.8, 4) is 0 Å². The molecule has 0 atom stereocenters. The van der Waals surface area contributed by atoms with Crippen LogP contribution in [0, 0.1) is 24.4 Å². The highest BCUT2D eigenvalue weighted by atomic mass is 19.1. The van der Waals surface area contributed by atoms with Crippen LogP contribution in [0.4, 0.5) is 18.9 Å². The maximum Gasteiger partial charge on any atom is 0.261 e. The first-order valence-corrected chi connectivity index (χ1v) is 5.50. The van der Waals surface area contributed by atoms with Gasteiger partial charge in [0.05, 0.1) is 0 Å². The lowest BCUT2D eigenvalue weighted by Crippen LogP contribution is -2.16. The Morgan fingerprint density at radius 3 is 2.26 bits per heavy atom. The van der Waals surface area contributed by atoms with E-state index in [1.54, 1.807) is 6.92 Å². The van der Waals surface area contributed by atoms with Gasteiger partial charge < -0.3 is 5.32 Å². The van der Waals surface area contributed by atoms with Crippen molar-refractivity contribution in [3.63, 3.8) is 0 Å². The summed E-state index contributed by atoms with van der Waals surface area (Å²) in [4.78, 5) is 11.8. The van der Waals surface area contributed by atoms with Crippen LogP contribution in [-0.2, 0) is 0 Å². The number of amides is 1. The average molecular weight is 265 g/mol. The number of carbonyl (C=O) groups excluding carboxylic acids is 1. The number of hydrogen-bond acceptors (Lipinski definition) is 1. The van der Waals surface area contributed by atoms with Crippen molar-refractivity contribution in [2.24, 2.45) is 0 Å². The van der Waals surface area contributed by atoms with Crippen LogP contribution in [0.3, 0.4) is 0 Å². The summed E-state index contributed by atoms with van der Waals surface area (Å²) >= 11 is 0. The van der Waals surface area contributed by atoms with Crippen LogP contribution < -0.4 is 5.32 Å². The fourth-order valence-electron chi connectivity index (χ4n) is 1.67. The molecule has 0 bridgehead atoms. The lowest BCUT2D eigenvalue weighted by atomic mass is 10.1. The Morgan fingerprint density at radius 2 is 1.68 bits per heavy atom. The predicted octanol–water partition coefficient (Wildman–Crippen LogP) is 3.66. The Kier molecular flexibility index (Phi) is 3.55. The Morgan fingerprint density at radius 1 is 1.05 bits per heavy atom. The summed E-state index contributed by atoms with van der Waals surface area (Å²) < 4.78 is 39.7. The molecule has 0 saturated heterocycles. The highest BCUT2D eigenvalue weighted by molar-refractivity contribution is 6.05. The van der Waals surface area contributed by atoms with Crippen molar-refractivity contribution in [1.29, 1.82) is 0 Å². The molecule has 0 saturated carbocycles. The first kappa shape index (κ1) is 13.1. The van der Waals surface area contributed by atoms with Crippen molar-refractivity contribution in [2.75, 3.05) is 5.32 Å². The number of anilines is 1. The van der Waals surface area contributed by atoms with Gasteiger partial charge in [-0.1, -0.05) is 6.07 Å². The van der Waals surface area contributed by atoms with Gasteiger partial charge in [0.1, 0.15) is 23.0 Å². The largest absolute Gasteiger partial charge is 0.322 e. The zero-order valence-corrected chi connectivity index (χ0v) is 10.0. The van der Waals surface area contributed by atoms with E-state index in [4.69, 9.17) is 0 Å². The fraction of sp³-hybridized carbons (Fsp3) is 0.0714. The molecule has 2 aromatic rings. The molecule has 0 aliphatic heterocycles. The Bertz CT molecular complexity index is 620. The third kappa shape index (κ3) is 2.76. The van der Waals surface area contributed by atoms with Crippen LogP contribution in [0.25, 0.3) is 0 Å². The molecule has 2 nitrogen and oxygen atoms in total. The minimum Gasteiger partial charge on any atom is -0.322 e. The van der Waals surface area contributed by atoms with Crippen LogP contribution >= 0.6 is 0 Å². The van der Waals surface area contributed by atoms with Gasteiger partial charge in [-0.25, -0.2) is 13.2 Å². The summed E-state index contributed by atoms with van der Waals surface area (Å²) in [5.41, 5.74) is 0.102. The van der Waals surface area contributed by atoms with Crippen molar-refractivity contribution in [1.82, 2.24) is 0 Å². The van der Waals surface area contributed by atoms with Gasteiger partial charge in [-0.2, -0.15) is 0 Å². The summed E-state index contributed by atoms with van der Waals surface area (Å²) in [5.74, 6) is -3.26. The van der Waals surface area contributed by atoms with Crippen molar-refractivity contribution < 1.29 is 18.0 Å². The van der Waals surface area contributed by atoms with E-state index in [9.17, 15) is 18.0 Å². The van der Waals surface area contributed by atoms with Crippen LogP contribution in [0.5, 0.6) is 0 Å². The first-order chi connectivity index (χ1) is 8.99. The van der Waals surface area contributed by atoms with Gasteiger partial charge in [-0.15, -0.1) is 0 Å². The normalized spacial score (nSPS) is 10.3. The molecule has 1 amide bonds. The maximum atomic E-state index is 13.4. The maximum absolute atomic E-state index is 13.4. The molecule has 2 rings (SSSR count). The molecule has 0 heterocycles. The Hall–Kier alpha value is -2.30. The molecule has 19 heavy (non-hydrogen) atoms. The molecule has 1 N–H and O–H groups in total. The summed E-state index contributed by atoms with van der Waals surface area (Å²) in [6.45, 7) is 1.58. The van der Waals surface area contributed by atoms with Crippen LogP contribution in [0.1, 0.15) is 15.9 Å². The van der Waals surface area contributed by atoms with E-state index in [0.29, 0.717) is 11.3 Å². The topological polar surface area (TPSA) is 29.1 Å². The molecule has 0 fully saturated rings. The quantitative estimate of drug-likeness (QED) is 0.882. The van der Waals surface area contributed by atoms with Gasteiger partial charge in [0.2, 0.25) is 0 Å². The molecule has 2 aromatic carbocycles. The zero-order valence-electron chi connectivity index (χ0n) is 10.0. The van der Waals surface area contributed by atoms with E-state index in [2.05, 4.69) is 5.32 Å². The minimum absolute atomic E-state index is 0.300. The molecule has 0 aliphatic carbocycles. The van der Waals surface area contributed by atoms with E-state index >= 15 is 0 Å². The number of carbonyl (C=O) groups is 1. The van der Waals surface area contributed by atoms with Crippen LogP contribution in [-0.4, -0.2) is 5.91 Å². The molecular formula is C14H10F3NO. The van der Waals surface area contributed by atoms with Crippen molar-refractivity contribution in [3.05, 3.63) is 65.0 Å². The smallest absolute Gasteiger partial charge is 0.261 e. The molecule has 98 valence electrons. The lowest BCUT2D eigenvalue weighted by molar-refractivity contribution is 0.101. The van der Waals surface area contributed by atoms with Crippen molar-refractivity contribution >= 4 is 11.6 Å². The van der Waals surface area contributed by atoms with Gasteiger partial charge in [-0.05, 0) is 42.8 Å². The monoisotopic (exact) mass is 265 g/mol. The second-order valence-electron chi connectivity index (χ2n) is 4.01. The SMILES string of the molecule is Cc1cc(F)ccc1NC(=O)c1c(F)cccc1F. The van der Waals surface area contributed by atoms with Crippen LogP contribution in [0.15, 0.2) is 36.4 Å². The van der Waals surface area contributed by atoms with Gasteiger partial charge in [0.25, 0.3) is 5.91 Å². The fourth-order valence-corrected chi connectivity index (χ4v) is 1.67. The number of benzene rings is 2. The summed E-state index contributed by atoms with van der Waals surface area (Å²) in [5, 5.41) is 2.35. The van der Waals surface area contributed by atoms with E-state index in [1.807, 2.05) is 0 Å². The molecule has 0 unspecified atom stereocenters. The third-order valence-electron chi connectivity index (χ3n) is 2.63. The average Bonchev–Trinajstić information content (AvgIpc) is 2.32. The van der Waals surface area contributed by atoms with Gasteiger partial charge >= 0.3 is 0 Å². The number of hydrogen-bond donors (Lipinski definition) is 1. The number of halogens is 3. The highest BCUT2D eigenvalue weighted by Gasteiger charge is 2.17. The zero-order chi connectivity index (χ0) is 14.0. The lowest BCUT2D eigenvalue weighted by Gasteiger charge is -2.09. The van der Waals surface area contributed by atoms with Gasteiger partial charge in [-0.3, -0.25) is 4.79 Å². The summed E-state index contributed by atoms with van der Waals surface area (Å²) in [7, 11) is 0. The van der Waals surface area contributed by atoms with Gasteiger partial charge in [0.15, 0.2) is 0 Å². The molecule has 0 spiro atoms. The van der Waals surface area contributed by atoms with Crippen molar-refractivity contribution in [2.45, 2.75) is 6.92 Å². The van der Waals surface area contributed by atoms with E-state index < -0.39 is 28.9 Å². The molecule has 0 aromatic heterocycles. The molecule has 0 aliphatic rings. The Labute approximate surface area is 107 Å². The molecule has 0 radical (unpaired) electrons. The number of rotatable bonds is 2. The number of nitrogens with one attached hydrogen (secondary N) is 1. The minimum atomic E-state index is -0.947. The molecular weight excluding hydrogens is 255 g/mol. The van der Waals surface area contributed by atoms with Gasteiger partial charge in [0, 0.05) is 5.69 Å². The summed E-state index contributed by atoms with van der Waals surface area (Å²) in [6.07, 6.45) is 0. The molecule has 5 heteroatoms. The second kappa shape index (κ2) is 5.14. The number of aryl methyl sites for hydroxylation is 1. The standard InChI is InChI=1S/C14H10F3NO/c1-8-7-9(15)5-6-12(8)18-14(19)13-10(16)3-2-4-11(13)17/h2-7H,1H3,(H,18,19). The third-order valence-corrected chi connectivity index (χ3v) is 2.63.